The maximum absolute atomic E-state index is 10.6. The predicted octanol–water partition coefficient (Wildman–Crippen LogP) is 3.00. The van der Waals surface area contributed by atoms with E-state index in [1.807, 2.05) is 6.92 Å². The van der Waals surface area contributed by atoms with E-state index in [1.54, 1.807) is 18.2 Å². The van der Waals surface area contributed by atoms with Crippen LogP contribution in [-0.4, -0.2) is 5.24 Å². The Bertz CT molecular complexity index is 259. The lowest BCUT2D eigenvalue weighted by molar-refractivity contribution is -0.108. The van der Waals surface area contributed by atoms with E-state index in [-0.39, 0.29) is 0 Å². The molecule has 0 unspecified atom stereocenters. The lowest BCUT2D eigenvalue weighted by atomic mass is 10.2. The summed E-state index contributed by atoms with van der Waals surface area (Å²) in [6.45, 7) is 8.90. The van der Waals surface area contributed by atoms with Crippen molar-refractivity contribution in [1.82, 2.24) is 0 Å². The Morgan fingerprint density at radius 1 is 1.25 bits per heavy atom. The van der Waals surface area contributed by atoms with E-state index < -0.39 is 5.24 Å². The van der Waals surface area contributed by atoms with Crippen molar-refractivity contribution in [2.75, 3.05) is 0 Å². The minimum atomic E-state index is -0.502. The molecule has 0 aliphatic heterocycles. The molecule has 0 saturated carbocycles. The number of allylic oxidation sites excluding steroid dienone is 6. The van der Waals surface area contributed by atoms with Crippen molar-refractivity contribution in [2.45, 2.75) is 6.92 Å². The molecule has 1 nitrogen and oxygen atoms in total. The number of hydrogen-bond acceptors (Lipinski definition) is 1. The summed E-state index contributed by atoms with van der Waals surface area (Å²) in [7, 11) is 0. The number of halogens is 1. The van der Waals surface area contributed by atoms with Crippen molar-refractivity contribution in [2.24, 2.45) is 0 Å². The number of carbonyl (C=O) groups is 1. The highest BCUT2D eigenvalue weighted by atomic mass is 35.5. The highest BCUT2D eigenvalue weighted by Gasteiger charge is 1.97. The van der Waals surface area contributed by atoms with Crippen LogP contribution in [0.4, 0.5) is 0 Å². The van der Waals surface area contributed by atoms with Gasteiger partial charge in [-0.3, -0.25) is 4.79 Å². The molecule has 64 valence electrons. The maximum atomic E-state index is 10.6. The summed E-state index contributed by atoms with van der Waals surface area (Å²) < 4.78 is 0. The molecule has 0 aromatic carbocycles. The Labute approximate surface area is 77.7 Å². The zero-order chi connectivity index (χ0) is 9.56. The van der Waals surface area contributed by atoms with Crippen molar-refractivity contribution in [1.29, 1.82) is 0 Å². The fourth-order valence-electron chi connectivity index (χ4n) is 0.503. The largest absolute Gasteiger partial charge is 0.276 e. The molecule has 0 fully saturated rings. The number of hydrogen-bond donors (Lipinski definition) is 0. The lowest BCUT2D eigenvalue weighted by Gasteiger charge is -1.90. The molecule has 0 heterocycles. The van der Waals surface area contributed by atoms with Crippen LogP contribution in [0.25, 0.3) is 0 Å². The van der Waals surface area contributed by atoms with E-state index >= 15 is 0 Å². The lowest BCUT2D eigenvalue weighted by Crippen LogP contribution is -1.87. The molecular weight excluding hydrogens is 172 g/mol. The van der Waals surface area contributed by atoms with Gasteiger partial charge in [-0.25, -0.2) is 0 Å². The molecule has 0 rings (SSSR count). The van der Waals surface area contributed by atoms with Crippen LogP contribution in [0.15, 0.2) is 48.6 Å². The van der Waals surface area contributed by atoms with Gasteiger partial charge >= 0.3 is 0 Å². The van der Waals surface area contributed by atoms with Crippen LogP contribution in [0.2, 0.25) is 0 Å². The van der Waals surface area contributed by atoms with Gasteiger partial charge in [0.15, 0.2) is 0 Å². The van der Waals surface area contributed by atoms with Crippen LogP contribution in [0.1, 0.15) is 6.92 Å². The molecule has 0 radical (unpaired) electrons. The van der Waals surface area contributed by atoms with E-state index in [9.17, 15) is 4.79 Å². The second-order valence-corrected chi connectivity index (χ2v) is 2.56. The van der Waals surface area contributed by atoms with Gasteiger partial charge in [0.05, 0.1) is 0 Å². The van der Waals surface area contributed by atoms with Crippen molar-refractivity contribution < 1.29 is 4.79 Å². The van der Waals surface area contributed by atoms with Crippen LogP contribution in [-0.2, 0) is 4.79 Å². The van der Waals surface area contributed by atoms with E-state index in [0.29, 0.717) is 5.57 Å². The summed E-state index contributed by atoms with van der Waals surface area (Å²) >= 11 is 5.24. The Hall–Kier alpha value is -1.08. The zero-order valence-corrected chi connectivity index (χ0v) is 7.77. The molecule has 0 atom stereocenters. The minimum absolute atomic E-state index is 0.387. The van der Waals surface area contributed by atoms with Gasteiger partial charge in [0.2, 0.25) is 0 Å². The monoisotopic (exact) mass is 182 g/mol. The first-order chi connectivity index (χ1) is 5.61. The average Bonchev–Trinajstić information content (AvgIpc) is 2.04. The Morgan fingerprint density at radius 3 is 2.17 bits per heavy atom. The van der Waals surface area contributed by atoms with Crippen LogP contribution in [0.5, 0.6) is 0 Å². The molecule has 0 spiro atoms. The molecule has 0 bridgehead atoms. The summed E-state index contributed by atoms with van der Waals surface area (Å²) in [6.07, 6.45) is 6.47. The molecule has 0 N–H and O–H groups in total. The molecular formula is C10H11ClO. The standard InChI is InChI=1S/C10H11ClO/c1-4-8(3)6-7-9(5-2)10(11)12/h4-7H,1-2H2,3H3. The minimum Gasteiger partial charge on any atom is -0.276 e. The highest BCUT2D eigenvalue weighted by molar-refractivity contribution is 6.68. The van der Waals surface area contributed by atoms with Crippen LogP contribution in [0, 0.1) is 0 Å². The van der Waals surface area contributed by atoms with E-state index in [2.05, 4.69) is 13.2 Å². The molecule has 12 heavy (non-hydrogen) atoms. The third-order valence-corrected chi connectivity index (χ3v) is 1.51. The molecule has 0 aliphatic carbocycles. The smallest absolute Gasteiger partial charge is 0.252 e. The first kappa shape index (κ1) is 10.9. The fourth-order valence-corrected chi connectivity index (χ4v) is 0.643. The molecule has 0 aromatic rings. The van der Waals surface area contributed by atoms with Crippen LogP contribution >= 0.6 is 11.6 Å². The number of carbonyl (C=O) groups excluding carboxylic acids is 1. The van der Waals surface area contributed by atoms with Crippen molar-refractivity contribution in [3.05, 3.63) is 48.6 Å². The normalized spacial score (nSPS) is 12.5. The van der Waals surface area contributed by atoms with Gasteiger partial charge in [-0.05, 0) is 24.6 Å². The van der Waals surface area contributed by atoms with E-state index in [0.717, 1.165) is 5.57 Å². The molecule has 0 aliphatic rings. The summed E-state index contributed by atoms with van der Waals surface area (Å²) in [5.74, 6) is 0. The summed E-state index contributed by atoms with van der Waals surface area (Å²) in [5, 5.41) is -0.502. The van der Waals surface area contributed by atoms with E-state index in [4.69, 9.17) is 11.6 Å². The topological polar surface area (TPSA) is 17.1 Å². The van der Waals surface area contributed by atoms with Gasteiger partial charge in [0, 0.05) is 5.57 Å². The fraction of sp³-hybridized carbons (Fsp3) is 0.100. The van der Waals surface area contributed by atoms with Crippen molar-refractivity contribution in [3.8, 4) is 0 Å². The average molecular weight is 183 g/mol. The van der Waals surface area contributed by atoms with Crippen molar-refractivity contribution in [3.63, 3.8) is 0 Å². The van der Waals surface area contributed by atoms with Crippen LogP contribution < -0.4 is 0 Å². The summed E-state index contributed by atoms with van der Waals surface area (Å²) in [6, 6.07) is 0. The molecule has 0 amide bonds. The second-order valence-electron chi connectivity index (χ2n) is 2.21. The maximum Gasteiger partial charge on any atom is 0.252 e. The first-order valence-electron chi connectivity index (χ1n) is 3.45. The van der Waals surface area contributed by atoms with Gasteiger partial charge in [0.1, 0.15) is 0 Å². The Balaban J connectivity index is 4.62. The zero-order valence-electron chi connectivity index (χ0n) is 7.01. The highest BCUT2D eigenvalue weighted by Crippen LogP contribution is 2.03. The summed E-state index contributed by atoms with van der Waals surface area (Å²) in [5.41, 5.74) is 1.35. The third kappa shape index (κ3) is 3.94. The Kier molecular flexibility index (Phi) is 5.06. The van der Waals surface area contributed by atoms with Crippen LogP contribution in [0.3, 0.4) is 0 Å². The SMILES string of the molecule is C=CC(C)=CC=C(C=C)C(=O)Cl. The summed E-state index contributed by atoms with van der Waals surface area (Å²) in [4.78, 5) is 10.6. The third-order valence-electron chi connectivity index (χ3n) is 1.29. The molecule has 0 saturated heterocycles. The van der Waals surface area contributed by atoms with Gasteiger partial charge in [0.25, 0.3) is 5.24 Å². The van der Waals surface area contributed by atoms with Gasteiger partial charge in [-0.2, -0.15) is 0 Å². The number of rotatable bonds is 4. The first-order valence-corrected chi connectivity index (χ1v) is 3.83. The van der Waals surface area contributed by atoms with Gasteiger partial charge in [-0.15, -0.1) is 0 Å². The second kappa shape index (κ2) is 5.56. The molecule has 2 heteroatoms. The molecule has 0 aromatic heterocycles. The quantitative estimate of drug-likeness (QED) is 0.371. The Morgan fingerprint density at radius 2 is 1.83 bits per heavy atom. The van der Waals surface area contributed by atoms with Gasteiger partial charge < -0.3 is 0 Å². The van der Waals surface area contributed by atoms with E-state index in [1.165, 1.54) is 6.08 Å². The van der Waals surface area contributed by atoms with Crippen molar-refractivity contribution >= 4 is 16.8 Å². The van der Waals surface area contributed by atoms with Gasteiger partial charge in [-0.1, -0.05) is 37.0 Å². The predicted molar refractivity (Wildman–Crippen MR) is 53.1 cm³/mol.